The highest BCUT2D eigenvalue weighted by molar-refractivity contribution is 6.02. The number of fused-ring (bicyclic) bond motifs is 1. The van der Waals surface area contributed by atoms with Crippen LogP contribution in [0.5, 0.6) is 11.5 Å². The summed E-state index contributed by atoms with van der Waals surface area (Å²) in [5.41, 5.74) is 6.39. The third kappa shape index (κ3) is 4.36. The standard InChI is InChI=1S/C29H29NO5.2H2/c1-17-4-6-20(19(3)12-27(31)32)13-23(17)24-15-22(8-5-18(24)2)30-28(33)29(10-11-29)21-7-9-25-26(14-21)35-16-34-25;;/h4-9,13-15,19H,10-12,16H2,1-3H3,(H,30,33)(H,31,32);2*1H. The first-order chi connectivity index (χ1) is 16.8. The summed E-state index contributed by atoms with van der Waals surface area (Å²) in [5, 5.41) is 12.3. The van der Waals surface area contributed by atoms with Crippen molar-refractivity contribution in [1.82, 2.24) is 0 Å². The van der Waals surface area contributed by atoms with Crippen LogP contribution < -0.4 is 14.8 Å². The zero-order valence-corrected chi connectivity index (χ0v) is 20.2. The van der Waals surface area contributed by atoms with Gasteiger partial charge in [-0.15, -0.1) is 0 Å². The van der Waals surface area contributed by atoms with Crippen molar-refractivity contribution in [2.24, 2.45) is 0 Å². The molecule has 0 spiro atoms. The normalized spacial score (nSPS) is 16.0. The van der Waals surface area contributed by atoms with Crippen molar-refractivity contribution in [3.63, 3.8) is 0 Å². The molecular weight excluding hydrogens is 442 g/mol. The molecule has 3 aromatic rings. The molecule has 1 aliphatic carbocycles. The molecule has 1 amide bonds. The molecule has 1 heterocycles. The Morgan fingerprint density at radius 2 is 1.66 bits per heavy atom. The number of carboxylic acids is 1. The van der Waals surface area contributed by atoms with E-state index in [1.165, 1.54) is 0 Å². The number of rotatable bonds is 7. The second-order valence-electron chi connectivity index (χ2n) is 9.71. The largest absolute Gasteiger partial charge is 0.481 e. The van der Waals surface area contributed by atoms with E-state index in [4.69, 9.17) is 9.47 Å². The van der Waals surface area contributed by atoms with Crippen LogP contribution in [0.2, 0.25) is 0 Å². The number of nitrogens with one attached hydrogen (secondary N) is 1. The maximum atomic E-state index is 13.4. The maximum Gasteiger partial charge on any atom is 0.303 e. The van der Waals surface area contributed by atoms with E-state index in [9.17, 15) is 14.7 Å². The zero-order chi connectivity index (χ0) is 24.7. The maximum absolute atomic E-state index is 13.4. The second-order valence-corrected chi connectivity index (χ2v) is 9.71. The molecule has 3 aromatic carbocycles. The fraction of sp³-hybridized carbons (Fsp3) is 0.310. The predicted molar refractivity (Wildman–Crippen MR) is 138 cm³/mol. The summed E-state index contributed by atoms with van der Waals surface area (Å²) in [7, 11) is 0. The van der Waals surface area contributed by atoms with Gasteiger partial charge in [0.15, 0.2) is 11.5 Å². The van der Waals surface area contributed by atoms with Crippen LogP contribution in [0.1, 0.15) is 57.2 Å². The molecule has 2 N–H and O–H groups in total. The number of hydrogen-bond donors (Lipinski definition) is 2. The summed E-state index contributed by atoms with van der Waals surface area (Å²) in [4.78, 5) is 24.6. The van der Waals surface area contributed by atoms with E-state index in [0.29, 0.717) is 11.5 Å². The Balaban J connectivity index is 0.00000190. The minimum absolute atomic E-state index is 0. The van der Waals surface area contributed by atoms with Crippen molar-refractivity contribution in [3.8, 4) is 22.6 Å². The number of aryl methyl sites for hydroxylation is 2. The third-order valence-electron chi connectivity index (χ3n) is 7.21. The molecule has 35 heavy (non-hydrogen) atoms. The highest BCUT2D eigenvalue weighted by atomic mass is 16.7. The van der Waals surface area contributed by atoms with E-state index in [1.807, 2.05) is 69.3 Å². The number of benzene rings is 3. The van der Waals surface area contributed by atoms with Gasteiger partial charge in [0.1, 0.15) is 0 Å². The Hall–Kier alpha value is -3.80. The van der Waals surface area contributed by atoms with Crippen LogP contribution in [0, 0.1) is 13.8 Å². The smallest absolute Gasteiger partial charge is 0.303 e. The molecule has 0 radical (unpaired) electrons. The molecule has 6 heteroatoms. The number of aliphatic carboxylic acids is 1. The summed E-state index contributed by atoms with van der Waals surface area (Å²) >= 11 is 0. The van der Waals surface area contributed by atoms with Gasteiger partial charge >= 0.3 is 5.97 Å². The molecule has 1 aliphatic heterocycles. The first-order valence-electron chi connectivity index (χ1n) is 11.9. The zero-order valence-electron chi connectivity index (χ0n) is 20.2. The van der Waals surface area contributed by atoms with Crippen LogP contribution in [-0.2, 0) is 15.0 Å². The monoisotopic (exact) mass is 475 g/mol. The number of carbonyl (C=O) groups is 2. The quantitative estimate of drug-likeness (QED) is 0.411. The van der Waals surface area contributed by atoms with Crippen molar-refractivity contribution in [2.45, 2.75) is 51.4 Å². The summed E-state index contributed by atoms with van der Waals surface area (Å²) in [6.07, 6.45) is 1.67. The average molecular weight is 476 g/mol. The molecule has 1 atom stereocenters. The lowest BCUT2D eigenvalue weighted by molar-refractivity contribution is -0.137. The summed E-state index contributed by atoms with van der Waals surface area (Å²) in [5.74, 6) is 0.477. The Kier molecular flexibility index (Phi) is 5.75. The van der Waals surface area contributed by atoms with Crippen LogP contribution in [0.25, 0.3) is 11.1 Å². The fourth-order valence-corrected chi connectivity index (χ4v) is 4.82. The molecule has 0 bridgehead atoms. The van der Waals surface area contributed by atoms with Gasteiger partial charge in [0.2, 0.25) is 12.7 Å². The van der Waals surface area contributed by atoms with E-state index < -0.39 is 11.4 Å². The molecule has 0 aromatic heterocycles. The van der Waals surface area contributed by atoms with E-state index in [2.05, 4.69) is 11.4 Å². The Bertz CT molecular complexity index is 1340. The Morgan fingerprint density at radius 1 is 0.971 bits per heavy atom. The molecular formula is C29H33NO5. The molecule has 0 saturated heterocycles. The number of hydrogen-bond acceptors (Lipinski definition) is 4. The Morgan fingerprint density at radius 3 is 2.37 bits per heavy atom. The van der Waals surface area contributed by atoms with Gasteiger partial charge in [-0.3, -0.25) is 9.59 Å². The topological polar surface area (TPSA) is 84.9 Å². The molecule has 5 rings (SSSR count). The lowest BCUT2D eigenvalue weighted by Gasteiger charge is -2.18. The van der Waals surface area contributed by atoms with E-state index >= 15 is 0 Å². The number of ether oxygens (including phenoxy) is 2. The van der Waals surface area contributed by atoms with Crippen molar-refractivity contribution >= 4 is 17.6 Å². The lowest BCUT2D eigenvalue weighted by atomic mass is 9.90. The van der Waals surface area contributed by atoms with Gasteiger partial charge in [0.25, 0.3) is 0 Å². The van der Waals surface area contributed by atoms with Crippen molar-refractivity contribution in [1.29, 1.82) is 0 Å². The summed E-state index contributed by atoms with van der Waals surface area (Å²) in [6, 6.07) is 17.8. The molecule has 6 nitrogen and oxygen atoms in total. The van der Waals surface area contributed by atoms with Gasteiger partial charge in [0.05, 0.1) is 11.8 Å². The van der Waals surface area contributed by atoms with Crippen molar-refractivity contribution < 1.29 is 27.0 Å². The highest BCUT2D eigenvalue weighted by Gasteiger charge is 2.51. The van der Waals surface area contributed by atoms with Gasteiger partial charge in [-0.25, -0.2) is 0 Å². The fourth-order valence-electron chi connectivity index (χ4n) is 4.82. The second kappa shape index (κ2) is 8.77. The van der Waals surface area contributed by atoms with Gasteiger partial charge < -0.3 is 19.9 Å². The molecule has 1 saturated carbocycles. The molecule has 184 valence electrons. The van der Waals surface area contributed by atoms with Crippen LogP contribution in [-0.4, -0.2) is 23.8 Å². The SMILES string of the molecule is Cc1ccc(NC(=O)C2(c3ccc4c(c3)OCO4)CC2)cc1-c1cc(C(C)CC(=O)O)ccc1C.[HH].[HH]. The Labute approximate surface area is 207 Å². The number of carboxylic acid groups (broad SMARTS) is 1. The average Bonchev–Trinajstić information content (AvgIpc) is 3.51. The van der Waals surface area contributed by atoms with Crippen molar-refractivity contribution in [2.75, 3.05) is 12.1 Å². The van der Waals surface area contributed by atoms with E-state index in [0.717, 1.165) is 51.9 Å². The predicted octanol–water partition coefficient (Wildman–Crippen LogP) is 6.44. The first-order valence-corrected chi connectivity index (χ1v) is 11.9. The van der Waals surface area contributed by atoms with Crippen molar-refractivity contribution in [3.05, 3.63) is 76.9 Å². The van der Waals surface area contributed by atoms with Gasteiger partial charge in [0, 0.05) is 8.54 Å². The van der Waals surface area contributed by atoms with Gasteiger partial charge in [-0.1, -0.05) is 37.3 Å². The highest BCUT2D eigenvalue weighted by Crippen LogP contribution is 2.51. The van der Waals surface area contributed by atoms with Crippen LogP contribution in [0.15, 0.2) is 54.6 Å². The van der Waals surface area contributed by atoms with Crippen LogP contribution in [0.3, 0.4) is 0 Å². The van der Waals surface area contributed by atoms with Crippen LogP contribution in [0.4, 0.5) is 5.69 Å². The molecule has 2 aliphatic rings. The lowest BCUT2D eigenvalue weighted by Crippen LogP contribution is -2.27. The third-order valence-corrected chi connectivity index (χ3v) is 7.21. The van der Waals surface area contributed by atoms with Gasteiger partial charge in [-0.05, 0) is 90.3 Å². The summed E-state index contributed by atoms with van der Waals surface area (Å²) in [6.45, 7) is 6.23. The minimum atomic E-state index is -0.808. The minimum Gasteiger partial charge on any atom is -0.481 e. The van der Waals surface area contributed by atoms with Crippen LogP contribution >= 0.6 is 0 Å². The molecule has 1 fully saturated rings. The first kappa shape index (κ1) is 23.0. The van der Waals surface area contributed by atoms with E-state index in [-0.39, 0.29) is 27.9 Å². The number of amides is 1. The number of anilines is 1. The number of carbonyl (C=O) groups excluding carboxylic acids is 1. The van der Waals surface area contributed by atoms with Gasteiger partial charge in [-0.2, -0.15) is 0 Å². The molecule has 1 unspecified atom stereocenters. The van der Waals surface area contributed by atoms with E-state index in [1.54, 1.807) is 0 Å². The summed E-state index contributed by atoms with van der Waals surface area (Å²) < 4.78 is 10.9.